The zero-order chi connectivity index (χ0) is 16.6. The number of nitrogens with one attached hydrogen (secondary N) is 2. The lowest BCUT2D eigenvalue weighted by Crippen LogP contribution is -1.85. The number of imidazole rings is 1. The van der Waals surface area contributed by atoms with Gasteiger partial charge in [0.05, 0.1) is 18.0 Å². The van der Waals surface area contributed by atoms with E-state index in [4.69, 9.17) is 4.42 Å². The van der Waals surface area contributed by atoms with Gasteiger partial charge in [0.25, 0.3) is 0 Å². The molecule has 6 heteroatoms. The Bertz CT molecular complexity index is 1130. The van der Waals surface area contributed by atoms with E-state index in [9.17, 15) is 0 Å². The van der Waals surface area contributed by atoms with Gasteiger partial charge in [-0.15, -0.1) is 0 Å². The summed E-state index contributed by atoms with van der Waals surface area (Å²) in [5.41, 5.74) is 5.85. The maximum Gasteiger partial charge on any atom is 0.158 e. The number of furan rings is 1. The van der Waals surface area contributed by atoms with E-state index in [2.05, 4.69) is 37.3 Å². The van der Waals surface area contributed by atoms with Gasteiger partial charge in [-0.05, 0) is 29.8 Å². The molecule has 5 rings (SSSR count). The third-order valence-corrected chi connectivity index (χ3v) is 4.22. The van der Waals surface area contributed by atoms with Gasteiger partial charge in [0.1, 0.15) is 5.69 Å². The van der Waals surface area contributed by atoms with Gasteiger partial charge in [0.2, 0.25) is 0 Å². The molecule has 0 aliphatic heterocycles. The lowest BCUT2D eigenvalue weighted by molar-refractivity contribution is 0.568. The molecule has 2 N–H and O–H groups in total. The molecule has 4 heterocycles. The first-order valence-corrected chi connectivity index (χ1v) is 7.85. The van der Waals surface area contributed by atoms with Crippen molar-refractivity contribution >= 4 is 10.9 Å². The standard InChI is InChI=1S/C19H13N5O/c1-2-12(10-20-4-1)14-8-15(13-3-7-25-11-13)17-16(9-14)18(24-23-17)19-21-5-6-22-19/h1-11H,(H,21,22)(H,23,24). The highest BCUT2D eigenvalue weighted by molar-refractivity contribution is 6.03. The number of rotatable bonds is 3. The maximum absolute atomic E-state index is 5.28. The first-order chi connectivity index (χ1) is 12.4. The zero-order valence-corrected chi connectivity index (χ0v) is 13.1. The SMILES string of the molecule is c1cncc(-c2cc(-c3ccoc3)c3[nH]nc(-c4ncc[nH]4)c3c2)c1. The highest BCUT2D eigenvalue weighted by Gasteiger charge is 2.16. The van der Waals surface area contributed by atoms with E-state index in [1.807, 2.05) is 24.4 Å². The fourth-order valence-corrected chi connectivity index (χ4v) is 3.04. The summed E-state index contributed by atoms with van der Waals surface area (Å²) in [5, 5.41) is 8.62. The van der Waals surface area contributed by atoms with E-state index in [1.54, 1.807) is 31.1 Å². The van der Waals surface area contributed by atoms with Gasteiger partial charge in [-0.3, -0.25) is 10.1 Å². The third kappa shape index (κ3) is 2.23. The van der Waals surface area contributed by atoms with Gasteiger partial charge < -0.3 is 9.40 Å². The summed E-state index contributed by atoms with van der Waals surface area (Å²) < 4.78 is 5.28. The van der Waals surface area contributed by atoms with Crippen LogP contribution in [-0.2, 0) is 0 Å². The van der Waals surface area contributed by atoms with Gasteiger partial charge in [0.15, 0.2) is 5.82 Å². The van der Waals surface area contributed by atoms with E-state index in [0.717, 1.165) is 44.7 Å². The summed E-state index contributed by atoms with van der Waals surface area (Å²) in [4.78, 5) is 11.7. The van der Waals surface area contributed by atoms with Crippen LogP contribution in [0.3, 0.4) is 0 Å². The van der Waals surface area contributed by atoms with Gasteiger partial charge >= 0.3 is 0 Å². The smallest absolute Gasteiger partial charge is 0.158 e. The van der Waals surface area contributed by atoms with Crippen LogP contribution in [0.1, 0.15) is 0 Å². The summed E-state index contributed by atoms with van der Waals surface area (Å²) in [6.07, 6.45) is 10.5. The van der Waals surface area contributed by atoms with Gasteiger partial charge in [-0.25, -0.2) is 4.98 Å². The van der Waals surface area contributed by atoms with Crippen molar-refractivity contribution in [2.24, 2.45) is 0 Å². The molecule has 0 atom stereocenters. The summed E-state index contributed by atoms with van der Waals surface area (Å²) in [6, 6.07) is 10.1. The Hall–Kier alpha value is -3.67. The molecule has 0 radical (unpaired) electrons. The number of fused-ring (bicyclic) bond motifs is 1. The minimum Gasteiger partial charge on any atom is -0.472 e. The van der Waals surface area contributed by atoms with E-state index >= 15 is 0 Å². The molecule has 5 aromatic rings. The molecule has 4 aromatic heterocycles. The third-order valence-electron chi connectivity index (χ3n) is 4.22. The Kier molecular flexibility index (Phi) is 3.00. The zero-order valence-electron chi connectivity index (χ0n) is 13.1. The Balaban J connectivity index is 1.83. The Morgan fingerprint density at radius 1 is 1.00 bits per heavy atom. The molecule has 25 heavy (non-hydrogen) atoms. The Morgan fingerprint density at radius 2 is 2.00 bits per heavy atom. The van der Waals surface area contributed by atoms with Crippen LogP contribution in [0.4, 0.5) is 0 Å². The van der Waals surface area contributed by atoms with Crippen molar-refractivity contribution in [3.05, 3.63) is 67.6 Å². The molecule has 0 bridgehead atoms. The van der Waals surface area contributed by atoms with Crippen molar-refractivity contribution in [1.82, 2.24) is 25.1 Å². The second kappa shape index (κ2) is 5.45. The van der Waals surface area contributed by atoms with E-state index in [1.165, 1.54) is 0 Å². The predicted molar refractivity (Wildman–Crippen MR) is 94.6 cm³/mol. The maximum atomic E-state index is 5.28. The monoisotopic (exact) mass is 327 g/mol. The molecule has 0 amide bonds. The highest BCUT2D eigenvalue weighted by atomic mass is 16.3. The van der Waals surface area contributed by atoms with E-state index < -0.39 is 0 Å². The lowest BCUT2D eigenvalue weighted by Gasteiger charge is -2.06. The fourth-order valence-electron chi connectivity index (χ4n) is 3.04. The molecule has 0 unspecified atom stereocenters. The number of pyridine rings is 1. The van der Waals surface area contributed by atoms with Gasteiger partial charge in [0, 0.05) is 46.9 Å². The number of aromatic amines is 2. The molecule has 0 aliphatic carbocycles. The molecule has 120 valence electrons. The van der Waals surface area contributed by atoms with Crippen molar-refractivity contribution in [2.45, 2.75) is 0 Å². The number of H-pyrrole nitrogens is 2. The molecule has 0 spiro atoms. The van der Waals surface area contributed by atoms with Gasteiger partial charge in [-0.1, -0.05) is 6.07 Å². The Morgan fingerprint density at radius 3 is 2.76 bits per heavy atom. The molecule has 0 saturated carbocycles. The van der Waals surface area contributed by atoms with Crippen LogP contribution in [0.5, 0.6) is 0 Å². The van der Waals surface area contributed by atoms with Crippen molar-refractivity contribution in [3.63, 3.8) is 0 Å². The van der Waals surface area contributed by atoms with Crippen molar-refractivity contribution < 1.29 is 4.42 Å². The van der Waals surface area contributed by atoms with Crippen LogP contribution in [0, 0.1) is 0 Å². The Labute approximate surface area is 142 Å². The lowest BCUT2D eigenvalue weighted by atomic mass is 9.97. The molecular weight excluding hydrogens is 314 g/mol. The summed E-state index contributed by atoms with van der Waals surface area (Å²) in [7, 11) is 0. The normalized spacial score (nSPS) is 11.2. The number of hydrogen-bond donors (Lipinski definition) is 2. The minimum absolute atomic E-state index is 0.729. The summed E-state index contributed by atoms with van der Waals surface area (Å²) >= 11 is 0. The first kappa shape index (κ1) is 13.7. The molecule has 6 nitrogen and oxygen atoms in total. The average Bonchev–Trinajstić information content (AvgIpc) is 3.41. The van der Waals surface area contributed by atoms with Crippen LogP contribution in [0.2, 0.25) is 0 Å². The van der Waals surface area contributed by atoms with Crippen molar-refractivity contribution in [2.75, 3.05) is 0 Å². The predicted octanol–water partition coefficient (Wildman–Crippen LogP) is 4.28. The number of benzene rings is 1. The summed E-state index contributed by atoms with van der Waals surface area (Å²) in [6.45, 7) is 0. The van der Waals surface area contributed by atoms with Gasteiger partial charge in [-0.2, -0.15) is 5.10 Å². The molecule has 0 saturated heterocycles. The molecule has 1 aromatic carbocycles. The van der Waals surface area contributed by atoms with E-state index in [-0.39, 0.29) is 0 Å². The topological polar surface area (TPSA) is 83.4 Å². The fraction of sp³-hybridized carbons (Fsp3) is 0. The van der Waals surface area contributed by atoms with Crippen molar-refractivity contribution in [3.8, 4) is 33.8 Å². The number of aromatic nitrogens is 5. The minimum atomic E-state index is 0.729. The van der Waals surface area contributed by atoms with Crippen LogP contribution >= 0.6 is 0 Å². The number of hydrogen-bond acceptors (Lipinski definition) is 4. The summed E-state index contributed by atoms with van der Waals surface area (Å²) in [5.74, 6) is 0.729. The van der Waals surface area contributed by atoms with Crippen LogP contribution in [0.25, 0.3) is 44.7 Å². The van der Waals surface area contributed by atoms with Crippen molar-refractivity contribution in [1.29, 1.82) is 0 Å². The first-order valence-electron chi connectivity index (χ1n) is 7.85. The van der Waals surface area contributed by atoms with E-state index in [0.29, 0.717) is 0 Å². The second-order valence-electron chi connectivity index (χ2n) is 5.71. The molecular formula is C19H13N5O. The quantitative estimate of drug-likeness (QED) is 0.518. The molecule has 0 aliphatic rings. The highest BCUT2D eigenvalue weighted by Crippen LogP contribution is 2.36. The second-order valence-corrected chi connectivity index (χ2v) is 5.71. The average molecular weight is 327 g/mol. The van der Waals surface area contributed by atoms with Crippen LogP contribution in [0.15, 0.2) is 72.1 Å². The van der Waals surface area contributed by atoms with Crippen LogP contribution in [-0.4, -0.2) is 25.1 Å². The number of nitrogens with zero attached hydrogens (tertiary/aromatic N) is 3. The van der Waals surface area contributed by atoms with Crippen LogP contribution < -0.4 is 0 Å². The molecule has 0 fully saturated rings. The largest absolute Gasteiger partial charge is 0.472 e.